The zero-order valence-electron chi connectivity index (χ0n) is 15.4. The topological polar surface area (TPSA) is 66.9 Å². The minimum atomic E-state index is -4.79. The summed E-state index contributed by atoms with van der Waals surface area (Å²) in [5.41, 5.74) is 1.04. The van der Waals surface area contributed by atoms with Crippen molar-refractivity contribution < 1.29 is 32.3 Å². The van der Waals surface area contributed by atoms with Crippen LogP contribution in [0.2, 0.25) is 0 Å². The van der Waals surface area contributed by atoms with E-state index in [0.29, 0.717) is 43.5 Å². The molecule has 0 N–H and O–H groups in total. The van der Waals surface area contributed by atoms with Crippen LogP contribution in [-0.2, 0) is 20.8 Å². The predicted molar refractivity (Wildman–Crippen MR) is 95.9 cm³/mol. The van der Waals surface area contributed by atoms with Gasteiger partial charge in [0.1, 0.15) is 12.3 Å². The van der Waals surface area contributed by atoms with E-state index in [0.717, 1.165) is 11.0 Å². The molecule has 4 rings (SSSR count). The minimum Gasteiger partial charge on any atom is -0.406 e. The molecule has 1 aliphatic carbocycles. The van der Waals surface area contributed by atoms with Crippen LogP contribution in [-0.4, -0.2) is 42.1 Å². The van der Waals surface area contributed by atoms with E-state index in [1.54, 1.807) is 0 Å². The Balaban J connectivity index is 1.51. The fourth-order valence-corrected chi connectivity index (χ4v) is 4.28. The summed E-state index contributed by atoms with van der Waals surface area (Å²) in [7, 11) is 0. The maximum atomic E-state index is 12.9. The summed E-state index contributed by atoms with van der Waals surface area (Å²) in [4.78, 5) is 40.5. The lowest BCUT2D eigenvalue weighted by Crippen LogP contribution is -2.45. The number of hydrogen-bond acceptors (Lipinski definition) is 4. The first kappa shape index (κ1) is 19.5. The van der Waals surface area contributed by atoms with Gasteiger partial charge in [0.25, 0.3) is 0 Å². The maximum absolute atomic E-state index is 12.9. The molecule has 0 radical (unpaired) electrons. The fourth-order valence-electron chi connectivity index (χ4n) is 4.28. The summed E-state index contributed by atoms with van der Waals surface area (Å²) in [5.74, 6) is -2.24. The standard InChI is InChI=1S/C20H19F3N2O4/c21-20(22,23)29-13-7-8-16-12(10-13)4-3-9-24(16)17(26)11-25-18(27)14-5-1-2-6-15(14)19(25)28/h1-2,7-8,10,14-15H,3-6,9,11H2. The molecular weight excluding hydrogens is 389 g/mol. The van der Waals surface area contributed by atoms with E-state index < -0.39 is 24.1 Å². The molecule has 0 spiro atoms. The Morgan fingerprint density at radius 3 is 2.38 bits per heavy atom. The molecule has 154 valence electrons. The van der Waals surface area contributed by atoms with Crippen molar-refractivity contribution in [2.75, 3.05) is 18.0 Å². The van der Waals surface area contributed by atoms with Crippen molar-refractivity contribution in [3.05, 3.63) is 35.9 Å². The Morgan fingerprint density at radius 2 is 1.76 bits per heavy atom. The third kappa shape index (κ3) is 3.73. The van der Waals surface area contributed by atoms with Crippen LogP contribution < -0.4 is 9.64 Å². The summed E-state index contributed by atoms with van der Waals surface area (Å²) < 4.78 is 41.3. The number of ether oxygens (including phenoxy) is 1. The third-order valence-electron chi connectivity index (χ3n) is 5.60. The van der Waals surface area contributed by atoms with Crippen LogP contribution in [0.5, 0.6) is 5.75 Å². The second-order valence-electron chi connectivity index (χ2n) is 7.41. The molecule has 0 aromatic heterocycles. The number of alkyl halides is 3. The highest BCUT2D eigenvalue weighted by Gasteiger charge is 2.48. The van der Waals surface area contributed by atoms with E-state index in [-0.39, 0.29) is 24.1 Å². The molecule has 2 unspecified atom stereocenters. The lowest BCUT2D eigenvalue weighted by Gasteiger charge is -2.31. The summed E-state index contributed by atoms with van der Waals surface area (Å²) in [6.07, 6.45) is 1.01. The first-order chi connectivity index (χ1) is 13.7. The second-order valence-corrected chi connectivity index (χ2v) is 7.41. The van der Waals surface area contributed by atoms with Crippen molar-refractivity contribution in [2.45, 2.75) is 32.0 Å². The highest BCUT2D eigenvalue weighted by Crippen LogP contribution is 2.36. The van der Waals surface area contributed by atoms with Gasteiger partial charge in [-0.05, 0) is 49.4 Å². The van der Waals surface area contributed by atoms with Crippen LogP contribution >= 0.6 is 0 Å². The van der Waals surface area contributed by atoms with Gasteiger partial charge in [0.05, 0.1) is 11.8 Å². The molecule has 6 nitrogen and oxygen atoms in total. The van der Waals surface area contributed by atoms with Crippen LogP contribution in [0.4, 0.5) is 18.9 Å². The summed E-state index contributed by atoms with van der Waals surface area (Å²) in [5, 5.41) is 0. The van der Waals surface area contributed by atoms with E-state index in [1.807, 2.05) is 12.2 Å². The molecule has 2 aliphatic heterocycles. The van der Waals surface area contributed by atoms with Crippen LogP contribution in [0.3, 0.4) is 0 Å². The van der Waals surface area contributed by atoms with E-state index in [1.165, 1.54) is 17.0 Å². The molecule has 2 heterocycles. The van der Waals surface area contributed by atoms with Crippen LogP contribution in [0.15, 0.2) is 30.4 Å². The van der Waals surface area contributed by atoms with Gasteiger partial charge in [-0.2, -0.15) is 0 Å². The number of allylic oxidation sites excluding steroid dienone is 2. The SMILES string of the molecule is O=C1C2CC=CCC2C(=O)N1CC(=O)N1CCCc2cc(OC(F)(F)F)ccc21. The number of fused-ring (bicyclic) bond motifs is 2. The zero-order chi connectivity index (χ0) is 20.8. The molecule has 1 aromatic rings. The molecule has 2 atom stereocenters. The number of amides is 3. The molecule has 1 saturated heterocycles. The molecule has 29 heavy (non-hydrogen) atoms. The molecule has 1 fully saturated rings. The molecule has 3 aliphatic rings. The minimum absolute atomic E-state index is 0.330. The van der Waals surface area contributed by atoms with E-state index in [9.17, 15) is 27.6 Å². The summed E-state index contributed by atoms with van der Waals surface area (Å²) in [6, 6.07) is 3.84. The highest BCUT2D eigenvalue weighted by atomic mass is 19.4. The number of anilines is 1. The Bertz CT molecular complexity index is 870. The van der Waals surface area contributed by atoms with Crippen molar-refractivity contribution in [3.63, 3.8) is 0 Å². The normalized spacial score (nSPS) is 23.8. The number of likely N-dealkylation sites (tertiary alicyclic amines) is 1. The van der Waals surface area contributed by atoms with Crippen molar-refractivity contribution in [2.24, 2.45) is 11.8 Å². The van der Waals surface area contributed by atoms with Crippen molar-refractivity contribution in [3.8, 4) is 5.75 Å². The Hall–Kier alpha value is -2.84. The first-order valence-electron chi connectivity index (χ1n) is 9.44. The van der Waals surface area contributed by atoms with Gasteiger partial charge in [-0.25, -0.2) is 0 Å². The summed E-state index contributed by atoms with van der Waals surface area (Å²) in [6.45, 7) is 0.0147. The Labute approximate surface area is 164 Å². The smallest absolute Gasteiger partial charge is 0.406 e. The second kappa shape index (κ2) is 7.20. The largest absolute Gasteiger partial charge is 0.573 e. The van der Waals surface area contributed by atoms with Crippen LogP contribution in [0.25, 0.3) is 0 Å². The summed E-state index contributed by atoms with van der Waals surface area (Å²) >= 11 is 0. The van der Waals surface area contributed by atoms with Gasteiger partial charge in [0.15, 0.2) is 0 Å². The van der Waals surface area contributed by atoms with E-state index in [2.05, 4.69) is 4.74 Å². The van der Waals surface area contributed by atoms with Crippen LogP contribution in [0.1, 0.15) is 24.8 Å². The van der Waals surface area contributed by atoms with Gasteiger partial charge in [0.2, 0.25) is 17.7 Å². The highest BCUT2D eigenvalue weighted by molar-refractivity contribution is 6.09. The monoisotopic (exact) mass is 408 g/mol. The molecule has 1 aromatic carbocycles. The third-order valence-corrected chi connectivity index (χ3v) is 5.60. The molecule has 3 amide bonds. The predicted octanol–water partition coefficient (Wildman–Crippen LogP) is 2.82. The average Bonchev–Trinajstić information content (AvgIpc) is 2.91. The Kier molecular flexibility index (Phi) is 4.84. The quantitative estimate of drug-likeness (QED) is 0.570. The van der Waals surface area contributed by atoms with Gasteiger partial charge < -0.3 is 9.64 Å². The van der Waals surface area contributed by atoms with Gasteiger partial charge in [0, 0.05) is 12.2 Å². The number of imide groups is 1. The first-order valence-corrected chi connectivity index (χ1v) is 9.44. The van der Waals surface area contributed by atoms with Crippen LogP contribution in [0, 0.1) is 11.8 Å². The van der Waals surface area contributed by atoms with Crippen molar-refractivity contribution in [1.82, 2.24) is 4.90 Å². The van der Waals surface area contributed by atoms with Crippen molar-refractivity contribution >= 4 is 23.4 Å². The number of carbonyl (C=O) groups is 3. The fraction of sp³-hybridized carbons (Fsp3) is 0.450. The number of halogens is 3. The van der Waals surface area contributed by atoms with E-state index in [4.69, 9.17) is 0 Å². The molecule has 0 saturated carbocycles. The Morgan fingerprint density at radius 1 is 1.10 bits per heavy atom. The number of carbonyl (C=O) groups excluding carboxylic acids is 3. The van der Waals surface area contributed by atoms with Gasteiger partial charge >= 0.3 is 6.36 Å². The number of nitrogens with zero attached hydrogens (tertiary/aromatic N) is 2. The molecule has 0 bridgehead atoms. The number of benzene rings is 1. The number of hydrogen-bond donors (Lipinski definition) is 0. The van der Waals surface area contributed by atoms with Crippen molar-refractivity contribution in [1.29, 1.82) is 0 Å². The van der Waals surface area contributed by atoms with Gasteiger partial charge in [-0.1, -0.05) is 12.2 Å². The van der Waals surface area contributed by atoms with E-state index >= 15 is 0 Å². The number of aryl methyl sites for hydroxylation is 1. The lowest BCUT2D eigenvalue weighted by atomic mass is 9.85. The molecular formula is C20H19F3N2O4. The average molecular weight is 408 g/mol. The lowest BCUT2D eigenvalue weighted by molar-refractivity contribution is -0.274. The zero-order valence-corrected chi connectivity index (χ0v) is 15.4. The maximum Gasteiger partial charge on any atom is 0.573 e. The van der Waals surface area contributed by atoms with Gasteiger partial charge in [-0.15, -0.1) is 13.2 Å². The molecule has 9 heteroatoms. The number of rotatable bonds is 3. The van der Waals surface area contributed by atoms with Gasteiger partial charge in [-0.3, -0.25) is 19.3 Å².